The van der Waals surface area contributed by atoms with Gasteiger partial charge in [-0.1, -0.05) is 103 Å². The zero-order chi connectivity index (χ0) is 34.1. The first kappa shape index (κ1) is 41.3. The van der Waals surface area contributed by atoms with Crippen molar-refractivity contribution in [1.29, 1.82) is 0 Å². The van der Waals surface area contributed by atoms with Gasteiger partial charge in [-0.15, -0.1) is 0 Å². The van der Waals surface area contributed by atoms with Crippen LogP contribution in [-0.2, 0) is 11.2 Å². The third-order valence-corrected chi connectivity index (χ3v) is 6.76. The van der Waals surface area contributed by atoms with Crippen LogP contribution in [0.5, 0.6) is 0 Å². The molecule has 2 amide bonds. The van der Waals surface area contributed by atoms with Crippen molar-refractivity contribution in [2.24, 2.45) is 0 Å². The van der Waals surface area contributed by atoms with Crippen molar-refractivity contribution in [3.8, 4) is 0 Å². The molecule has 0 radical (unpaired) electrons. The molecule has 0 aromatic heterocycles. The first-order valence-electron chi connectivity index (χ1n) is 16.8. The lowest BCUT2D eigenvalue weighted by molar-refractivity contribution is -0.119. The van der Waals surface area contributed by atoms with Gasteiger partial charge in [0.15, 0.2) is 0 Å². The average Bonchev–Trinajstić information content (AvgIpc) is 2.94. The molecule has 250 valence electrons. The van der Waals surface area contributed by atoms with Crippen LogP contribution in [0.25, 0.3) is 10.8 Å². The van der Waals surface area contributed by atoms with Crippen molar-refractivity contribution < 1.29 is 14.7 Å². The van der Waals surface area contributed by atoms with Crippen LogP contribution in [-0.4, -0.2) is 46.7 Å². The van der Waals surface area contributed by atoms with Gasteiger partial charge < -0.3 is 21.1 Å². The first-order valence-corrected chi connectivity index (χ1v) is 16.8. The number of carbonyl (C=O) groups is 2. The number of hydrogen-bond acceptors (Lipinski definition) is 4. The zero-order valence-electron chi connectivity index (χ0n) is 30.3. The van der Waals surface area contributed by atoms with Gasteiger partial charge in [0.2, 0.25) is 5.91 Å². The number of carbonyl (C=O) groups excluding carboxylic acids is 2. The third kappa shape index (κ3) is 15.9. The van der Waals surface area contributed by atoms with Gasteiger partial charge in [0.1, 0.15) is 0 Å². The van der Waals surface area contributed by atoms with Crippen LogP contribution in [0, 0.1) is 0 Å². The minimum atomic E-state index is -0.633. The van der Waals surface area contributed by atoms with E-state index in [0.29, 0.717) is 43.4 Å². The number of benzene rings is 2. The highest BCUT2D eigenvalue weighted by molar-refractivity contribution is 6.08. The van der Waals surface area contributed by atoms with Crippen molar-refractivity contribution in [3.05, 3.63) is 58.7 Å². The van der Waals surface area contributed by atoms with Gasteiger partial charge in [-0.05, 0) is 83.6 Å². The van der Waals surface area contributed by atoms with Crippen molar-refractivity contribution in [1.82, 2.24) is 16.0 Å². The van der Waals surface area contributed by atoms with Crippen LogP contribution in [0.4, 0.5) is 0 Å². The lowest BCUT2D eigenvalue weighted by atomic mass is 9.91. The monoisotopic (exact) mass is 612 g/mol. The fraction of sp³-hybridized carbons (Fsp3) is 0.632. The largest absolute Gasteiger partial charge is 0.393 e. The van der Waals surface area contributed by atoms with Crippen molar-refractivity contribution in [2.75, 3.05) is 6.54 Å². The van der Waals surface area contributed by atoms with Gasteiger partial charge in [0.05, 0.1) is 11.7 Å². The topological polar surface area (TPSA) is 90.5 Å². The van der Waals surface area contributed by atoms with Crippen LogP contribution in [0.15, 0.2) is 47.5 Å². The van der Waals surface area contributed by atoms with Crippen LogP contribution < -0.4 is 16.0 Å². The molecular weight excluding hydrogens is 546 g/mol. The third-order valence-electron chi connectivity index (χ3n) is 6.76. The minimum absolute atomic E-state index is 0.0923. The summed E-state index contributed by atoms with van der Waals surface area (Å²) in [7, 11) is 0. The predicted octanol–water partition coefficient (Wildman–Crippen LogP) is 8.50. The number of amides is 2. The van der Waals surface area contributed by atoms with E-state index in [2.05, 4.69) is 43.6 Å². The van der Waals surface area contributed by atoms with Gasteiger partial charge in [-0.25, -0.2) is 0 Å². The number of aryl methyl sites for hydroxylation is 1. The lowest BCUT2D eigenvalue weighted by Gasteiger charge is -2.25. The molecule has 2 aromatic rings. The maximum Gasteiger partial charge on any atom is 0.252 e. The maximum atomic E-state index is 13.3. The van der Waals surface area contributed by atoms with E-state index < -0.39 is 6.10 Å². The molecule has 0 fully saturated rings. The van der Waals surface area contributed by atoms with Crippen molar-refractivity contribution in [2.45, 2.75) is 152 Å². The van der Waals surface area contributed by atoms with E-state index in [1.807, 2.05) is 98.7 Å². The number of aliphatic hydroxyl groups is 1. The Morgan fingerprint density at radius 1 is 0.841 bits per heavy atom. The molecule has 0 saturated carbocycles. The highest BCUT2D eigenvalue weighted by atomic mass is 16.3. The summed E-state index contributed by atoms with van der Waals surface area (Å²) in [6.07, 6.45) is 4.15. The molecule has 1 unspecified atom stereocenters. The second-order valence-electron chi connectivity index (χ2n) is 13.6. The standard InChI is InChI=1S/C32H49N3O3.C4H10.C2H6/c1-10-22(27(20-33-21(2)3)29(37)34-31(4,5)6)19-25(36)18-17-24-16-15-23-13-11-12-14-26(23)28(24)30(38)35-32(7,8)9;1-3-4-2;1-2/h11-16,21,25,33,36H,10,17-20H2,1-9H3,(H,34,37)(H,35,38);3-4H2,1-2H3;1-2H3/b27-22-;;. The zero-order valence-corrected chi connectivity index (χ0v) is 30.3. The number of fused-ring (bicyclic) bond motifs is 1. The Kier molecular flexibility index (Phi) is 19.1. The number of hydrogen-bond donors (Lipinski definition) is 4. The Bertz CT molecular complexity index is 1170. The van der Waals surface area contributed by atoms with E-state index in [4.69, 9.17) is 0 Å². The van der Waals surface area contributed by atoms with Gasteiger partial charge in [0.25, 0.3) is 5.91 Å². The van der Waals surface area contributed by atoms with Crippen LogP contribution in [0.1, 0.15) is 138 Å². The van der Waals surface area contributed by atoms with E-state index in [-0.39, 0.29) is 28.9 Å². The van der Waals surface area contributed by atoms with Gasteiger partial charge in [-0.2, -0.15) is 0 Å². The normalized spacial score (nSPS) is 12.8. The van der Waals surface area contributed by atoms with Crippen molar-refractivity contribution >= 4 is 22.6 Å². The molecule has 2 aromatic carbocycles. The molecule has 6 nitrogen and oxygen atoms in total. The van der Waals surface area contributed by atoms with Crippen LogP contribution in [0.3, 0.4) is 0 Å². The second-order valence-corrected chi connectivity index (χ2v) is 13.6. The molecule has 6 heteroatoms. The summed E-state index contributed by atoms with van der Waals surface area (Å²) in [6.45, 7) is 26.8. The summed E-state index contributed by atoms with van der Waals surface area (Å²) in [5.41, 5.74) is 2.53. The summed E-state index contributed by atoms with van der Waals surface area (Å²) in [6, 6.07) is 12.2. The van der Waals surface area contributed by atoms with Crippen molar-refractivity contribution in [3.63, 3.8) is 0 Å². The summed E-state index contributed by atoms with van der Waals surface area (Å²) < 4.78 is 0. The fourth-order valence-corrected chi connectivity index (χ4v) is 4.47. The number of unbranched alkanes of at least 4 members (excludes halogenated alkanes) is 1. The van der Waals surface area contributed by atoms with E-state index in [1.54, 1.807) is 0 Å². The summed E-state index contributed by atoms with van der Waals surface area (Å²) in [5.74, 6) is -0.195. The molecule has 0 bridgehead atoms. The Morgan fingerprint density at radius 2 is 1.41 bits per heavy atom. The summed E-state index contributed by atoms with van der Waals surface area (Å²) >= 11 is 0. The van der Waals surface area contributed by atoms with Crippen LogP contribution >= 0.6 is 0 Å². The molecule has 2 rings (SSSR count). The smallest absolute Gasteiger partial charge is 0.252 e. The van der Waals surface area contributed by atoms with Crippen LogP contribution in [0.2, 0.25) is 0 Å². The summed E-state index contributed by atoms with van der Waals surface area (Å²) in [5, 5.41) is 22.6. The molecule has 4 N–H and O–H groups in total. The molecule has 0 saturated heterocycles. The van der Waals surface area contributed by atoms with Gasteiger partial charge in [-0.3, -0.25) is 9.59 Å². The van der Waals surface area contributed by atoms with E-state index >= 15 is 0 Å². The van der Waals surface area contributed by atoms with Gasteiger partial charge in [0, 0.05) is 29.2 Å². The fourth-order valence-electron chi connectivity index (χ4n) is 4.47. The molecule has 44 heavy (non-hydrogen) atoms. The predicted molar refractivity (Wildman–Crippen MR) is 190 cm³/mol. The SMILES string of the molecule is CC.CC/C(CC(O)CCc1ccc2ccccc2c1C(=O)NC(C)(C)C)=C(\CNC(C)C)C(=O)NC(C)(C)C.CCCC. The first-order chi connectivity index (χ1) is 20.5. The Morgan fingerprint density at radius 3 is 1.91 bits per heavy atom. The Hall–Kier alpha value is -2.70. The molecule has 0 aliphatic heterocycles. The molecule has 0 aliphatic rings. The Labute approximate surface area is 269 Å². The highest BCUT2D eigenvalue weighted by Gasteiger charge is 2.23. The maximum absolute atomic E-state index is 13.3. The number of aliphatic hydroxyl groups excluding tert-OH is 1. The number of rotatable bonds is 12. The van der Waals surface area contributed by atoms with E-state index in [1.165, 1.54) is 12.8 Å². The molecular formula is C38H65N3O3. The highest BCUT2D eigenvalue weighted by Crippen LogP contribution is 2.26. The van der Waals surface area contributed by atoms with E-state index in [9.17, 15) is 14.7 Å². The molecule has 0 spiro atoms. The quantitative estimate of drug-likeness (QED) is 0.181. The van der Waals surface area contributed by atoms with E-state index in [0.717, 1.165) is 21.9 Å². The molecule has 0 aliphatic carbocycles. The molecule has 0 heterocycles. The average molecular weight is 612 g/mol. The Balaban J connectivity index is 0.00000284. The summed E-state index contributed by atoms with van der Waals surface area (Å²) in [4.78, 5) is 26.5. The molecule has 1 atom stereocenters. The number of nitrogens with one attached hydrogen (secondary N) is 3. The minimum Gasteiger partial charge on any atom is -0.393 e. The lowest BCUT2D eigenvalue weighted by Crippen LogP contribution is -2.43. The second kappa shape index (κ2) is 20.4. The van der Waals surface area contributed by atoms with Gasteiger partial charge >= 0.3 is 0 Å².